The van der Waals surface area contributed by atoms with Crippen LogP contribution in [0.2, 0.25) is 0 Å². The minimum Gasteiger partial charge on any atom is -0.384 e. The van der Waals surface area contributed by atoms with Gasteiger partial charge in [0.05, 0.1) is 6.10 Å². The van der Waals surface area contributed by atoms with Crippen molar-refractivity contribution in [3.8, 4) is 11.8 Å². The molecule has 0 spiro atoms. The van der Waals surface area contributed by atoms with Gasteiger partial charge in [0.25, 0.3) is 5.91 Å². The average Bonchev–Trinajstić information content (AvgIpc) is 2.94. The number of benzene rings is 1. The maximum absolute atomic E-state index is 12.2. The lowest BCUT2D eigenvalue weighted by Gasteiger charge is -2.16. The van der Waals surface area contributed by atoms with E-state index in [0.717, 1.165) is 18.5 Å². The number of nitrogens with zero attached hydrogens (tertiary/aromatic N) is 1. The molecule has 4 heteroatoms. The molecule has 1 aliphatic rings. The summed E-state index contributed by atoms with van der Waals surface area (Å²) in [5, 5.41) is 8.62. The summed E-state index contributed by atoms with van der Waals surface area (Å²) >= 11 is 0. The highest BCUT2D eigenvalue weighted by Crippen LogP contribution is 2.15. The third-order valence-electron chi connectivity index (χ3n) is 3.21. The molecule has 0 aliphatic carbocycles. The van der Waals surface area contributed by atoms with E-state index < -0.39 is 0 Å². The van der Waals surface area contributed by atoms with Crippen molar-refractivity contribution in [1.29, 1.82) is 0 Å². The van der Waals surface area contributed by atoms with Crippen LogP contribution in [-0.4, -0.2) is 48.8 Å². The molecule has 4 nitrogen and oxygen atoms in total. The minimum atomic E-state index is -0.160. The van der Waals surface area contributed by atoms with Gasteiger partial charge in [0, 0.05) is 31.3 Å². The van der Waals surface area contributed by atoms with Gasteiger partial charge < -0.3 is 14.7 Å². The Hall–Kier alpha value is -1.83. The van der Waals surface area contributed by atoms with E-state index in [-0.39, 0.29) is 18.6 Å². The predicted octanol–water partition coefficient (Wildman–Crippen LogP) is 0.891. The number of hydrogen-bond acceptors (Lipinski definition) is 3. The number of ether oxygens (including phenoxy) is 1. The van der Waals surface area contributed by atoms with Crippen LogP contribution < -0.4 is 0 Å². The van der Waals surface area contributed by atoms with Crippen LogP contribution in [-0.2, 0) is 4.74 Å². The van der Waals surface area contributed by atoms with Crippen LogP contribution >= 0.6 is 0 Å². The van der Waals surface area contributed by atoms with Crippen molar-refractivity contribution in [3.05, 3.63) is 35.4 Å². The summed E-state index contributed by atoms with van der Waals surface area (Å²) in [6, 6.07) is 7.12. The molecule has 100 valence electrons. The van der Waals surface area contributed by atoms with Crippen molar-refractivity contribution >= 4 is 5.91 Å². The number of hydrogen-bond donors (Lipinski definition) is 1. The van der Waals surface area contributed by atoms with Crippen LogP contribution in [0.4, 0.5) is 0 Å². The Morgan fingerprint density at radius 1 is 1.47 bits per heavy atom. The van der Waals surface area contributed by atoms with Gasteiger partial charge in [0.1, 0.15) is 6.61 Å². The van der Waals surface area contributed by atoms with Gasteiger partial charge in [0.2, 0.25) is 0 Å². The molecule has 1 aromatic carbocycles. The van der Waals surface area contributed by atoms with Gasteiger partial charge in [-0.05, 0) is 30.7 Å². The first-order valence-electron chi connectivity index (χ1n) is 6.26. The second kappa shape index (κ2) is 6.37. The molecule has 1 aromatic rings. The molecule has 1 heterocycles. The molecule has 1 unspecified atom stereocenters. The van der Waals surface area contributed by atoms with E-state index in [2.05, 4.69) is 11.8 Å². The van der Waals surface area contributed by atoms with E-state index in [4.69, 9.17) is 9.84 Å². The van der Waals surface area contributed by atoms with Crippen LogP contribution in [0, 0.1) is 11.8 Å². The second-order valence-electron chi connectivity index (χ2n) is 4.43. The van der Waals surface area contributed by atoms with Crippen LogP contribution in [0.3, 0.4) is 0 Å². The standard InChI is InChI=1S/C15H17NO3/c1-19-14-8-9-16(11-14)15(18)13-6-4-12(5-7-13)3-2-10-17/h4-7,14,17H,8-11H2,1H3. The largest absolute Gasteiger partial charge is 0.384 e. The fourth-order valence-electron chi connectivity index (χ4n) is 2.13. The third-order valence-corrected chi connectivity index (χ3v) is 3.21. The topological polar surface area (TPSA) is 49.8 Å². The number of likely N-dealkylation sites (tertiary alicyclic amines) is 1. The van der Waals surface area contributed by atoms with Gasteiger partial charge in [-0.1, -0.05) is 11.8 Å². The van der Waals surface area contributed by atoms with Crippen LogP contribution in [0.5, 0.6) is 0 Å². The molecule has 19 heavy (non-hydrogen) atoms. The summed E-state index contributed by atoms with van der Waals surface area (Å²) in [5.74, 6) is 5.41. The van der Waals surface area contributed by atoms with Crippen molar-refractivity contribution in [1.82, 2.24) is 4.90 Å². The van der Waals surface area contributed by atoms with Crippen LogP contribution in [0.15, 0.2) is 24.3 Å². The van der Waals surface area contributed by atoms with E-state index in [1.807, 2.05) is 4.90 Å². The SMILES string of the molecule is COC1CCN(C(=O)c2ccc(C#CCO)cc2)C1. The van der Waals surface area contributed by atoms with Crippen molar-refractivity contribution in [3.63, 3.8) is 0 Å². The van der Waals surface area contributed by atoms with Crippen molar-refractivity contribution < 1.29 is 14.6 Å². The molecule has 0 bridgehead atoms. The number of carbonyl (C=O) groups excluding carboxylic acids is 1. The maximum atomic E-state index is 12.2. The van der Waals surface area contributed by atoms with Crippen LogP contribution in [0.1, 0.15) is 22.3 Å². The molecule has 1 aliphatic heterocycles. The fourth-order valence-corrected chi connectivity index (χ4v) is 2.13. The summed E-state index contributed by atoms with van der Waals surface area (Å²) in [6.45, 7) is 1.23. The highest BCUT2D eigenvalue weighted by Gasteiger charge is 2.26. The lowest BCUT2D eigenvalue weighted by molar-refractivity contribution is 0.0724. The molecule has 1 atom stereocenters. The normalized spacial score (nSPS) is 18.0. The summed E-state index contributed by atoms with van der Waals surface area (Å²) in [4.78, 5) is 14.0. The first kappa shape index (κ1) is 13.6. The van der Waals surface area contributed by atoms with Gasteiger partial charge in [0.15, 0.2) is 0 Å². The molecule has 1 amide bonds. The third kappa shape index (κ3) is 3.34. The molecule has 0 aromatic heterocycles. The number of amides is 1. The Balaban J connectivity index is 2.04. The number of carbonyl (C=O) groups is 1. The van der Waals surface area contributed by atoms with Gasteiger partial charge >= 0.3 is 0 Å². The van der Waals surface area contributed by atoms with E-state index in [1.54, 1.807) is 31.4 Å². The zero-order valence-corrected chi connectivity index (χ0v) is 10.9. The molecule has 1 fully saturated rings. The van der Waals surface area contributed by atoms with Crippen molar-refractivity contribution in [2.75, 3.05) is 26.8 Å². The highest BCUT2D eigenvalue weighted by molar-refractivity contribution is 5.94. The highest BCUT2D eigenvalue weighted by atomic mass is 16.5. The molecule has 1 saturated heterocycles. The fraction of sp³-hybridized carbons (Fsp3) is 0.400. The van der Waals surface area contributed by atoms with Gasteiger partial charge in [-0.25, -0.2) is 0 Å². The van der Waals surface area contributed by atoms with E-state index in [0.29, 0.717) is 12.1 Å². The Labute approximate surface area is 113 Å². The lowest BCUT2D eigenvalue weighted by Crippen LogP contribution is -2.29. The number of aliphatic hydroxyl groups excluding tert-OH is 1. The Bertz CT molecular complexity index is 498. The number of methoxy groups -OCH3 is 1. The van der Waals surface area contributed by atoms with E-state index in [1.165, 1.54) is 0 Å². The Kier molecular flexibility index (Phi) is 4.56. The summed E-state index contributed by atoms with van der Waals surface area (Å²) in [5.41, 5.74) is 1.45. The molecular formula is C15H17NO3. The Morgan fingerprint density at radius 2 is 2.21 bits per heavy atom. The molecule has 1 N–H and O–H groups in total. The van der Waals surface area contributed by atoms with Gasteiger partial charge in [-0.2, -0.15) is 0 Å². The zero-order chi connectivity index (χ0) is 13.7. The summed E-state index contributed by atoms with van der Waals surface area (Å²) < 4.78 is 5.25. The van der Waals surface area contributed by atoms with Gasteiger partial charge in [-0.3, -0.25) is 4.79 Å². The first-order valence-corrected chi connectivity index (χ1v) is 6.26. The van der Waals surface area contributed by atoms with Crippen molar-refractivity contribution in [2.45, 2.75) is 12.5 Å². The lowest BCUT2D eigenvalue weighted by atomic mass is 10.1. The maximum Gasteiger partial charge on any atom is 0.253 e. The van der Waals surface area contributed by atoms with E-state index >= 15 is 0 Å². The van der Waals surface area contributed by atoms with Gasteiger partial charge in [-0.15, -0.1) is 0 Å². The first-order chi connectivity index (χ1) is 9.24. The second-order valence-corrected chi connectivity index (χ2v) is 4.43. The van der Waals surface area contributed by atoms with E-state index in [9.17, 15) is 4.79 Å². The quantitative estimate of drug-likeness (QED) is 0.803. The number of rotatable bonds is 2. The Morgan fingerprint density at radius 3 is 2.79 bits per heavy atom. The predicted molar refractivity (Wildman–Crippen MR) is 71.7 cm³/mol. The van der Waals surface area contributed by atoms with Crippen LogP contribution in [0.25, 0.3) is 0 Å². The minimum absolute atomic E-state index is 0.0289. The zero-order valence-electron chi connectivity index (χ0n) is 10.9. The van der Waals surface area contributed by atoms with Crippen molar-refractivity contribution in [2.24, 2.45) is 0 Å². The smallest absolute Gasteiger partial charge is 0.253 e. The molecule has 2 rings (SSSR count). The average molecular weight is 259 g/mol. The summed E-state index contributed by atoms with van der Waals surface area (Å²) in [6.07, 6.45) is 1.04. The number of aliphatic hydroxyl groups is 1. The molecule has 0 radical (unpaired) electrons. The monoisotopic (exact) mass is 259 g/mol. The molecule has 0 saturated carbocycles. The summed E-state index contributed by atoms with van der Waals surface area (Å²) in [7, 11) is 1.67. The molecular weight excluding hydrogens is 242 g/mol.